The normalized spacial score (nSPS) is 11.4. The van der Waals surface area contributed by atoms with E-state index in [-0.39, 0.29) is 17.7 Å². The zero-order valence-electron chi connectivity index (χ0n) is 9.88. The number of ether oxygens (including phenoxy) is 1. The first kappa shape index (κ1) is 13.4. The van der Waals surface area contributed by atoms with E-state index in [1.807, 2.05) is 0 Å². The molecule has 0 bridgehead atoms. The van der Waals surface area contributed by atoms with Crippen molar-refractivity contribution in [1.82, 2.24) is 0 Å². The predicted molar refractivity (Wildman–Crippen MR) is 58.0 cm³/mol. The van der Waals surface area contributed by atoms with Gasteiger partial charge in [-0.2, -0.15) is 0 Å². The number of benzene rings is 1. The first-order chi connectivity index (χ1) is 7.77. The number of methoxy groups -OCH3 is 1. The molecule has 0 aliphatic rings. The highest BCUT2D eigenvalue weighted by Crippen LogP contribution is 2.28. The largest absolute Gasteiger partial charge is 0.494 e. The van der Waals surface area contributed by atoms with Crippen LogP contribution in [0, 0.1) is 17.0 Å². The number of halogens is 2. The number of hydrogen-bond donors (Lipinski definition) is 1. The lowest BCUT2D eigenvalue weighted by molar-refractivity contribution is -0.146. The van der Waals surface area contributed by atoms with E-state index in [0.717, 1.165) is 12.1 Å². The molecule has 0 saturated heterocycles. The van der Waals surface area contributed by atoms with Gasteiger partial charge >= 0.3 is 5.97 Å². The molecule has 1 N–H and O–H groups in total. The van der Waals surface area contributed by atoms with Crippen LogP contribution in [0.1, 0.15) is 19.4 Å². The van der Waals surface area contributed by atoms with Gasteiger partial charge < -0.3 is 9.84 Å². The maximum Gasteiger partial charge on any atom is 0.309 e. The van der Waals surface area contributed by atoms with Crippen molar-refractivity contribution in [3.63, 3.8) is 0 Å². The van der Waals surface area contributed by atoms with Gasteiger partial charge in [-0.3, -0.25) is 4.79 Å². The Morgan fingerprint density at radius 2 is 2.00 bits per heavy atom. The number of rotatable bonds is 4. The molecule has 17 heavy (non-hydrogen) atoms. The lowest BCUT2D eigenvalue weighted by Gasteiger charge is -2.19. The quantitative estimate of drug-likeness (QED) is 0.885. The van der Waals surface area contributed by atoms with Crippen molar-refractivity contribution in [2.75, 3.05) is 7.11 Å². The standard InChI is InChI=1S/C12H14F2O3/c1-12(2,11(15)16)6-7-4-8(13)5-9(17-3)10(7)14/h4-5H,6H2,1-3H3,(H,15,16). The molecule has 0 radical (unpaired) electrons. The third-order valence-electron chi connectivity index (χ3n) is 2.51. The van der Waals surface area contributed by atoms with Gasteiger partial charge in [0.15, 0.2) is 11.6 Å². The summed E-state index contributed by atoms with van der Waals surface area (Å²) in [6.45, 7) is 2.90. The zero-order chi connectivity index (χ0) is 13.2. The highest BCUT2D eigenvalue weighted by atomic mass is 19.1. The van der Waals surface area contributed by atoms with E-state index in [4.69, 9.17) is 5.11 Å². The van der Waals surface area contributed by atoms with Crippen molar-refractivity contribution in [2.24, 2.45) is 5.41 Å². The smallest absolute Gasteiger partial charge is 0.309 e. The Morgan fingerprint density at radius 1 is 1.41 bits per heavy atom. The molecule has 0 atom stereocenters. The van der Waals surface area contributed by atoms with Crippen LogP contribution in [0.5, 0.6) is 5.75 Å². The Kier molecular flexibility index (Phi) is 3.70. The second kappa shape index (κ2) is 4.69. The van der Waals surface area contributed by atoms with E-state index in [9.17, 15) is 13.6 Å². The van der Waals surface area contributed by atoms with Crippen molar-refractivity contribution in [3.05, 3.63) is 29.3 Å². The Balaban J connectivity index is 3.15. The summed E-state index contributed by atoms with van der Waals surface area (Å²) in [7, 11) is 1.23. The highest BCUT2D eigenvalue weighted by Gasteiger charge is 2.29. The fourth-order valence-electron chi connectivity index (χ4n) is 1.45. The molecule has 3 nitrogen and oxygen atoms in total. The lowest BCUT2D eigenvalue weighted by atomic mass is 9.85. The molecule has 0 heterocycles. The van der Waals surface area contributed by atoms with Crippen LogP contribution in [-0.2, 0) is 11.2 Å². The van der Waals surface area contributed by atoms with Crippen molar-refractivity contribution < 1.29 is 23.4 Å². The summed E-state index contributed by atoms with van der Waals surface area (Å²) < 4.78 is 31.6. The van der Waals surface area contributed by atoms with Crippen molar-refractivity contribution in [3.8, 4) is 5.75 Å². The Morgan fingerprint density at radius 3 is 2.47 bits per heavy atom. The summed E-state index contributed by atoms with van der Waals surface area (Å²) in [5.74, 6) is -2.66. The van der Waals surface area contributed by atoms with Gasteiger partial charge in [-0.1, -0.05) is 0 Å². The number of hydrogen-bond acceptors (Lipinski definition) is 2. The molecule has 0 spiro atoms. The van der Waals surface area contributed by atoms with Gasteiger partial charge in [0.05, 0.1) is 12.5 Å². The van der Waals surface area contributed by atoms with E-state index in [0.29, 0.717) is 0 Å². The Hall–Kier alpha value is -1.65. The molecule has 0 saturated carbocycles. The van der Waals surface area contributed by atoms with Crippen LogP contribution in [0.4, 0.5) is 8.78 Å². The Bertz CT molecular complexity index is 442. The summed E-state index contributed by atoms with van der Waals surface area (Å²) in [4.78, 5) is 10.9. The third-order valence-corrected chi connectivity index (χ3v) is 2.51. The maximum atomic E-state index is 13.8. The highest BCUT2D eigenvalue weighted by molar-refractivity contribution is 5.74. The van der Waals surface area contributed by atoms with Crippen molar-refractivity contribution in [2.45, 2.75) is 20.3 Å². The Labute approximate surface area is 98.0 Å². The van der Waals surface area contributed by atoms with Gasteiger partial charge in [0, 0.05) is 6.07 Å². The van der Waals surface area contributed by atoms with Gasteiger partial charge in [-0.15, -0.1) is 0 Å². The van der Waals surface area contributed by atoms with Gasteiger partial charge in [0.25, 0.3) is 0 Å². The van der Waals surface area contributed by atoms with Crippen molar-refractivity contribution in [1.29, 1.82) is 0 Å². The molecular formula is C12H14F2O3. The molecule has 5 heteroatoms. The van der Waals surface area contributed by atoms with Crippen LogP contribution in [0.15, 0.2) is 12.1 Å². The molecule has 0 unspecified atom stereocenters. The van der Waals surface area contributed by atoms with Gasteiger partial charge in [0.1, 0.15) is 5.82 Å². The number of carbonyl (C=O) groups is 1. The molecule has 0 fully saturated rings. The zero-order valence-corrected chi connectivity index (χ0v) is 9.88. The predicted octanol–water partition coefficient (Wildman–Crippen LogP) is 2.63. The number of carboxylic acid groups (broad SMARTS) is 1. The topological polar surface area (TPSA) is 46.5 Å². The van der Waals surface area contributed by atoms with E-state index in [1.54, 1.807) is 0 Å². The fraction of sp³-hybridized carbons (Fsp3) is 0.417. The van der Waals surface area contributed by atoms with Gasteiger partial charge in [0.2, 0.25) is 0 Å². The molecule has 0 amide bonds. The molecule has 0 aromatic heterocycles. The lowest BCUT2D eigenvalue weighted by Crippen LogP contribution is -2.26. The molecule has 1 rings (SSSR count). The second-order valence-electron chi connectivity index (χ2n) is 4.45. The van der Waals surface area contributed by atoms with E-state index >= 15 is 0 Å². The maximum absolute atomic E-state index is 13.8. The summed E-state index contributed by atoms with van der Waals surface area (Å²) >= 11 is 0. The first-order valence-electron chi connectivity index (χ1n) is 5.03. The molecule has 1 aromatic rings. The molecule has 1 aromatic carbocycles. The minimum atomic E-state index is -1.17. The van der Waals surface area contributed by atoms with E-state index in [1.165, 1.54) is 21.0 Å². The average molecular weight is 244 g/mol. The molecule has 0 aliphatic carbocycles. The monoisotopic (exact) mass is 244 g/mol. The van der Waals surface area contributed by atoms with Gasteiger partial charge in [-0.05, 0) is 31.9 Å². The number of carboxylic acids is 1. The fourth-order valence-corrected chi connectivity index (χ4v) is 1.45. The minimum absolute atomic E-state index is 0.00532. The van der Waals surface area contributed by atoms with Crippen LogP contribution in [0.2, 0.25) is 0 Å². The van der Waals surface area contributed by atoms with Crippen molar-refractivity contribution >= 4 is 5.97 Å². The molecule has 94 valence electrons. The van der Waals surface area contributed by atoms with E-state index < -0.39 is 23.0 Å². The SMILES string of the molecule is COc1cc(F)cc(CC(C)(C)C(=O)O)c1F. The van der Waals surface area contributed by atoms with Crippen LogP contribution < -0.4 is 4.74 Å². The summed E-state index contributed by atoms with van der Waals surface area (Å²) in [6, 6.07) is 1.91. The van der Waals surface area contributed by atoms with E-state index in [2.05, 4.69) is 4.74 Å². The summed E-state index contributed by atoms with van der Waals surface area (Å²) in [5.41, 5.74) is -1.17. The second-order valence-corrected chi connectivity index (χ2v) is 4.45. The van der Waals surface area contributed by atoms with Crippen LogP contribution in [-0.4, -0.2) is 18.2 Å². The van der Waals surface area contributed by atoms with Crippen LogP contribution in [0.3, 0.4) is 0 Å². The van der Waals surface area contributed by atoms with Crippen LogP contribution in [0.25, 0.3) is 0 Å². The summed E-state index contributed by atoms with van der Waals surface area (Å²) in [6.07, 6.45) is -0.109. The molecular weight excluding hydrogens is 230 g/mol. The summed E-state index contributed by atoms with van der Waals surface area (Å²) in [5, 5.41) is 8.94. The number of aliphatic carboxylic acids is 1. The minimum Gasteiger partial charge on any atom is -0.494 e. The van der Waals surface area contributed by atoms with Gasteiger partial charge in [-0.25, -0.2) is 8.78 Å². The third kappa shape index (κ3) is 2.93. The molecule has 0 aliphatic heterocycles. The van der Waals surface area contributed by atoms with Crippen LogP contribution >= 0.6 is 0 Å². The average Bonchev–Trinajstić information content (AvgIpc) is 2.22. The first-order valence-corrected chi connectivity index (χ1v) is 5.03.